The second kappa shape index (κ2) is 12.3. The van der Waals surface area contributed by atoms with Crippen molar-refractivity contribution in [3.63, 3.8) is 0 Å². The molecule has 0 aromatic heterocycles. The second-order valence-corrected chi connectivity index (χ2v) is 8.23. The molecule has 0 aromatic carbocycles. The van der Waals surface area contributed by atoms with Gasteiger partial charge in [-0.25, -0.2) is 4.99 Å². The Bertz CT molecular complexity index is 710. The summed E-state index contributed by atoms with van der Waals surface area (Å²) >= 11 is 7.16. The second-order valence-electron chi connectivity index (χ2n) is 6.70. The van der Waals surface area contributed by atoms with Crippen molar-refractivity contribution in [2.24, 2.45) is 4.99 Å². The molecule has 2 unspecified atom stereocenters. The lowest BCUT2D eigenvalue weighted by Gasteiger charge is -2.32. The van der Waals surface area contributed by atoms with Crippen LogP contribution in [0.4, 0.5) is 0 Å². The molecule has 0 spiro atoms. The van der Waals surface area contributed by atoms with Gasteiger partial charge in [-0.1, -0.05) is 47.6 Å². The lowest BCUT2D eigenvalue weighted by Crippen LogP contribution is -2.47. The average molecular weight is 513 g/mol. The molecule has 0 aromatic rings. The number of allylic oxidation sites excluding steroid dienone is 4. The number of isothiocyanates is 1. The van der Waals surface area contributed by atoms with E-state index >= 15 is 0 Å². The van der Waals surface area contributed by atoms with Crippen molar-refractivity contribution < 1.29 is 9.84 Å². The van der Waals surface area contributed by atoms with Gasteiger partial charge in [-0.05, 0) is 55.1 Å². The summed E-state index contributed by atoms with van der Waals surface area (Å²) in [5, 5.41) is 20.1. The summed E-state index contributed by atoms with van der Waals surface area (Å²) in [5.41, 5.74) is 1.80. The minimum Gasteiger partial charge on any atom is -0.497 e. The molecule has 0 radical (unpaired) electrons. The van der Waals surface area contributed by atoms with Gasteiger partial charge in [0.1, 0.15) is 12.0 Å². The summed E-state index contributed by atoms with van der Waals surface area (Å²) in [6, 6.07) is 0.128. The number of aliphatic imine (C=N–C) groups is 1. The maximum absolute atomic E-state index is 11.1. The zero-order chi connectivity index (χ0) is 20.4. The summed E-state index contributed by atoms with van der Waals surface area (Å²) in [6.07, 6.45) is 14.8. The number of alkyl halides is 1. The van der Waals surface area contributed by atoms with Crippen LogP contribution >= 0.6 is 34.8 Å². The van der Waals surface area contributed by atoms with Crippen LogP contribution in [-0.4, -0.2) is 46.2 Å². The number of hydrogen-bond donors (Lipinski definition) is 3. The van der Waals surface area contributed by atoms with Gasteiger partial charge in [0.15, 0.2) is 0 Å². The summed E-state index contributed by atoms with van der Waals surface area (Å²) < 4.78 is 5.52. The van der Waals surface area contributed by atoms with Crippen LogP contribution in [0.25, 0.3) is 0 Å². The van der Waals surface area contributed by atoms with Crippen molar-refractivity contribution >= 4 is 40.0 Å². The predicted octanol–water partition coefficient (Wildman–Crippen LogP) is 3.80. The monoisotopic (exact) mass is 513 g/mol. The molecule has 4 atom stereocenters. The zero-order valence-corrected chi connectivity index (χ0v) is 19.1. The standard InChI is InChI=1S/C21H28IN3O2S/c1-3-11-23-12-10-16(17-13-15(27-2)8-9-18(17)22)21(26)25-20-7-5-4-6-19(20)24-14-28/h3,8-10,12-13,18-21,23,25-26H,1,4-7,11H2,2H3/b12-10-,17-16+/t18?,19-,20-,21?/m0/s1. The van der Waals surface area contributed by atoms with Crippen LogP contribution in [0.15, 0.2) is 65.1 Å². The first-order valence-electron chi connectivity index (χ1n) is 9.44. The summed E-state index contributed by atoms with van der Waals surface area (Å²) in [6.45, 7) is 4.36. The van der Waals surface area contributed by atoms with Gasteiger partial charge in [0.2, 0.25) is 0 Å². The Morgan fingerprint density at radius 2 is 2.32 bits per heavy atom. The van der Waals surface area contributed by atoms with Gasteiger partial charge < -0.3 is 15.2 Å². The fourth-order valence-corrected chi connectivity index (χ4v) is 4.28. The number of nitrogens with zero attached hydrogens (tertiary/aromatic N) is 1. The molecule has 0 amide bonds. The molecule has 28 heavy (non-hydrogen) atoms. The van der Waals surface area contributed by atoms with Crippen LogP contribution in [0.2, 0.25) is 0 Å². The van der Waals surface area contributed by atoms with E-state index in [0.717, 1.165) is 42.6 Å². The molecule has 2 rings (SSSR count). The number of rotatable bonds is 9. The normalized spacial score (nSPS) is 27.5. The average Bonchev–Trinajstić information content (AvgIpc) is 2.70. The Labute approximate surface area is 186 Å². The van der Waals surface area contributed by atoms with E-state index in [-0.39, 0.29) is 16.0 Å². The number of nitrogens with one attached hydrogen (secondary N) is 2. The van der Waals surface area contributed by atoms with Crippen molar-refractivity contribution in [3.8, 4) is 0 Å². The molecule has 1 saturated carbocycles. The lowest BCUT2D eigenvalue weighted by atomic mass is 9.90. The molecule has 5 nitrogen and oxygen atoms in total. The minimum atomic E-state index is -0.833. The van der Waals surface area contributed by atoms with Gasteiger partial charge in [0.25, 0.3) is 0 Å². The summed E-state index contributed by atoms with van der Waals surface area (Å²) in [4.78, 5) is 4.31. The van der Waals surface area contributed by atoms with Crippen molar-refractivity contribution in [2.75, 3.05) is 13.7 Å². The Morgan fingerprint density at radius 1 is 1.54 bits per heavy atom. The molecule has 0 aliphatic heterocycles. The molecule has 0 bridgehead atoms. The SMILES string of the molecule is C=CCN/C=C\C(=C1\C=C(OC)C=CC1I)C(O)N[C@H]1CCCC[C@@H]1N=C=S. The zero-order valence-electron chi connectivity index (χ0n) is 16.1. The van der Waals surface area contributed by atoms with Gasteiger partial charge in [0.05, 0.1) is 22.2 Å². The van der Waals surface area contributed by atoms with Crippen LogP contribution in [0, 0.1) is 0 Å². The van der Waals surface area contributed by atoms with Crippen molar-refractivity contribution in [3.05, 3.63) is 60.1 Å². The van der Waals surface area contributed by atoms with Crippen molar-refractivity contribution in [1.29, 1.82) is 0 Å². The highest BCUT2D eigenvalue weighted by Gasteiger charge is 2.28. The first-order chi connectivity index (χ1) is 13.6. The minimum absolute atomic E-state index is 0.0572. The fraction of sp³-hybridized carbons (Fsp3) is 0.476. The topological polar surface area (TPSA) is 65.9 Å². The number of ether oxygens (including phenoxy) is 1. The largest absolute Gasteiger partial charge is 0.497 e. The van der Waals surface area contributed by atoms with Crippen LogP contribution < -0.4 is 10.6 Å². The first kappa shape index (κ1) is 23.0. The number of halogens is 1. The quantitative estimate of drug-likeness (QED) is 0.0833. The predicted molar refractivity (Wildman–Crippen MR) is 127 cm³/mol. The number of methoxy groups -OCH3 is 1. The van der Waals surface area contributed by atoms with E-state index in [4.69, 9.17) is 17.0 Å². The number of hydrogen-bond acceptors (Lipinski definition) is 6. The lowest BCUT2D eigenvalue weighted by molar-refractivity contribution is 0.140. The van der Waals surface area contributed by atoms with Crippen LogP contribution in [0.1, 0.15) is 25.7 Å². The Hall–Kier alpha value is -1.25. The summed E-state index contributed by atoms with van der Waals surface area (Å²) in [5.74, 6) is 0.765. The molecule has 0 heterocycles. The maximum Gasteiger partial charge on any atom is 0.131 e. The number of aliphatic hydroxyl groups excluding tert-OH is 1. The van der Waals surface area contributed by atoms with E-state index in [1.165, 1.54) is 0 Å². The number of aliphatic hydroxyl groups is 1. The van der Waals surface area contributed by atoms with E-state index in [1.807, 2.05) is 24.4 Å². The van der Waals surface area contributed by atoms with E-state index in [2.05, 4.69) is 56.0 Å². The molecule has 3 N–H and O–H groups in total. The van der Waals surface area contributed by atoms with Crippen LogP contribution in [0.5, 0.6) is 0 Å². The third kappa shape index (κ3) is 6.67. The number of thiocarbonyl (C=S) groups is 1. The van der Waals surface area contributed by atoms with E-state index in [0.29, 0.717) is 6.54 Å². The third-order valence-electron chi connectivity index (χ3n) is 4.85. The molecular formula is C21H28IN3O2S. The Morgan fingerprint density at radius 3 is 3.04 bits per heavy atom. The Balaban J connectivity index is 2.29. The molecule has 1 fully saturated rings. The van der Waals surface area contributed by atoms with Crippen LogP contribution in [0.3, 0.4) is 0 Å². The fourth-order valence-electron chi connectivity index (χ4n) is 3.40. The highest BCUT2D eigenvalue weighted by molar-refractivity contribution is 14.1. The van der Waals surface area contributed by atoms with Gasteiger partial charge in [0, 0.05) is 18.2 Å². The van der Waals surface area contributed by atoms with Gasteiger partial charge in [-0.2, -0.15) is 0 Å². The molecule has 7 heteroatoms. The molecule has 2 aliphatic rings. The van der Waals surface area contributed by atoms with Crippen LogP contribution in [-0.2, 0) is 4.74 Å². The molecule has 0 saturated heterocycles. The van der Waals surface area contributed by atoms with Crippen molar-refractivity contribution in [2.45, 2.75) is 47.9 Å². The smallest absolute Gasteiger partial charge is 0.131 e. The van der Waals surface area contributed by atoms with E-state index in [9.17, 15) is 5.11 Å². The van der Waals surface area contributed by atoms with Crippen molar-refractivity contribution in [1.82, 2.24) is 10.6 Å². The molecule has 152 valence electrons. The molecule has 2 aliphatic carbocycles. The maximum atomic E-state index is 11.1. The highest BCUT2D eigenvalue weighted by atomic mass is 127. The summed E-state index contributed by atoms with van der Waals surface area (Å²) in [7, 11) is 1.65. The van der Waals surface area contributed by atoms with Gasteiger partial charge in [-0.3, -0.25) is 5.32 Å². The third-order valence-corrected chi connectivity index (χ3v) is 6.04. The molecular weight excluding hydrogens is 485 g/mol. The highest BCUT2D eigenvalue weighted by Crippen LogP contribution is 2.29. The van der Waals surface area contributed by atoms with Gasteiger partial charge >= 0.3 is 0 Å². The Kier molecular flexibility index (Phi) is 10.2. The van der Waals surface area contributed by atoms with E-state index < -0.39 is 6.23 Å². The first-order valence-corrected chi connectivity index (χ1v) is 11.1. The van der Waals surface area contributed by atoms with E-state index in [1.54, 1.807) is 13.2 Å². The van der Waals surface area contributed by atoms with Gasteiger partial charge in [-0.15, -0.1) is 6.58 Å².